The van der Waals surface area contributed by atoms with E-state index in [1.807, 2.05) is 0 Å². The van der Waals surface area contributed by atoms with Crippen LogP contribution in [0.15, 0.2) is 0 Å². The fourth-order valence-corrected chi connectivity index (χ4v) is 3.45. The van der Waals surface area contributed by atoms with E-state index < -0.39 is 0 Å². The van der Waals surface area contributed by atoms with Crippen molar-refractivity contribution in [1.82, 2.24) is 5.32 Å². The molecule has 0 aromatic carbocycles. The predicted octanol–water partition coefficient (Wildman–Crippen LogP) is 5.29. The highest BCUT2D eigenvalue weighted by atomic mass is 14.9. The van der Waals surface area contributed by atoms with Crippen LogP contribution in [0.3, 0.4) is 0 Å². The van der Waals surface area contributed by atoms with Crippen molar-refractivity contribution >= 4 is 0 Å². The van der Waals surface area contributed by atoms with Gasteiger partial charge in [-0.25, -0.2) is 0 Å². The van der Waals surface area contributed by atoms with Gasteiger partial charge in [-0.1, -0.05) is 58.8 Å². The summed E-state index contributed by atoms with van der Waals surface area (Å²) in [5, 5.41) is 3.91. The minimum Gasteiger partial charge on any atom is -0.311 e. The van der Waals surface area contributed by atoms with Crippen LogP contribution < -0.4 is 5.32 Å². The van der Waals surface area contributed by atoms with Crippen LogP contribution in [0.1, 0.15) is 91.4 Å². The first-order chi connectivity index (χ1) is 8.77. The molecule has 0 saturated heterocycles. The summed E-state index contributed by atoms with van der Waals surface area (Å²) in [6.07, 6.45) is 15.6. The van der Waals surface area contributed by atoms with E-state index in [4.69, 9.17) is 0 Å². The molecule has 1 rings (SSSR count). The molecule has 108 valence electrons. The van der Waals surface area contributed by atoms with Crippen LogP contribution in [0.25, 0.3) is 0 Å². The molecule has 0 heterocycles. The largest absolute Gasteiger partial charge is 0.311 e. The summed E-state index contributed by atoms with van der Waals surface area (Å²) >= 11 is 0. The molecule has 0 aromatic heterocycles. The quantitative estimate of drug-likeness (QED) is 0.550. The Balaban J connectivity index is 2.19. The first kappa shape index (κ1) is 16.0. The second kappa shape index (κ2) is 9.83. The van der Waals surface area contributed by atoms with E-state index in [9.17, 15) is 0 Å². The van der Waals surface area contributed by atoms with Gasteiger partial charge in [-0.15, -0.1) is 0 Å². The molecular weight excluding hydrogens is 218 g/mol. The van der Waals surface area contributed by atoms with Crippen LogP contribution >= 0.6 is 0 Å². The third-order valence-electron chi connectivity index (χ3n) is 4.65. The molecule has 0 amide bonds. The van der Waals surface area contributed by atoms with Gasteiger partial charge >= 0.3 is 0 Å². The topological polar surface area (TPSA) is 12.0 Å². The number of rotatable bonds is 9. The van der Waals surface area contributed by atoms with Crippen LogP contribution in [0.2, 0.25) is 0 Å². The van der Waals surface area contributed by atoms with Crippen molar-refractivity contribution in [3.63, 3.8) is 0 Å². The van der Waals surface area contributed by atoms with E-state index in [2.05, 4.69) is 26.1 Å². The molecular formula is C17H35N. The summed E-state index contributed by atoms with van der Waals surface area (Å²) in [5.74, 6) is 0.960. The maximum absolute atomic E-state index is 3.91. The minimum absolute atomic E-state index is 0.716. The highest BCUT2D eigenvalue weighted by Gasteiger charge is 2.22. The molecule has 1 aliphatic carbocycles. The van der Waals surface area contributed by atoms with Crippen molar-refractivity contribution in [3.05, 3.63) is 0 Å². The lowest BCUT2D eigenvalue weighted by atomic mass is 9.82. The summed E-state index contributed by atoms with van der Waals surface area (Å²) in [6.45, 7) is 7.03. The summed E-state index contributed by atoms with van der Waals surface area (Å²) in [5.41, 5.74) is 0. The molecule has 0 bridgehead atoms. The van der Waals surface area contributed by atoms with Gasteiger partial charge in [0.1, 0.15) is 0 Å². The number of hydrogen-bond donors (Lipinski definition) is 1. The van der Waals surface area contributed by atoms with Gasteiger partial charge in [0.15, 0.2) is 0 Å². The monoisotopic (exact) mass is 253 g/mol. The van der Waals surface area contributed by atoms with E-state index in [-0.39, 0.29) is 0 Å². The van der Waals surface area contributed by atoms with Crippen molar-refractivity contribution in [1.29, 1.82) is 0 Å². The maximum Gasteiger partial charge on any atom is 0.00951 e. The molecule has 2 unspecified atom stereocenters. The second-order valence-corrected chi connectivity index (χ2v) is 6.33. The van der Waals surface area contributed by atoms with Crippen LogP contribution in [0.5, 0.6) is 0 Å². The summed E-state index contributed by atoms with van der Waals surface area (Å²) in [4.78, 5) is 0. The molecule has 18 heavy (non-hydrogen) atoms. The second-order valence-electron chi connectivity index (χ2n) is 6.33. The third kappa shape index (κ3) is 6.22. The van der Waals surface area contributed by atoms with Gasteiger partial charge in [-0.2, -0.15) is 0 Å². The van der Waals surface area contributed by atoms with Crippen LogP contribution in [-0.2, 0) is 0 Å². The van der Waals surface area contributed by atoms with Crippen molar-refractivity contribution in [2.24, 2.45) is 5.92 Å². The summed E-state index contributed by atoms with van der Waals surface area (Å²) < 4.78 is 0. The Morgan fingerprint density at radius 3 is 2.33 bits per heavy atom. The Morgan fingerprint density at radius 2 is 1.72 bits per heavy atom. The SMILES string of the molecule is CCCCCCC(C)NC(CC)C1CCCCC1. The summed E-state index contributed by atoms with van der Waals surface area (Å²) in [7, 11) is 0. The van der Waals surface area contributed by atoms with Gasteiger partial charge in [-0.3, -0.25) is 0 Å². The number of unbranched alkanes of at least 4 members (excludes halogenated alkanes) is 3. The standard InChI is InChI=1S/C17H35N/c1-4-6-7-9-12-15(3)18-17(5-2)16-13-10-8-11-14-16/h15-18H,4-14H2,1-3H3. The molecule has 2 atom stereocenters. The molecule has 0 aliphatic heterocycles. The van der Waals surface area contributed by atoms with E-state index in [1.54, 1.807) is 0 Å². The van der Waals surface area contributed by atoms with Gasteiger partial charge in [0.25, 0.3) is 0 Å². The van der Waals surface area contributed by atoms with E-state index in [1.165, 1.54) is 70.6 Å². The lowest BCUT2D eigenvalue weighted by Gasteiger charge is -2.32. The van der Waals surface area contributed by atoms with Crippen molar-refractivity contribution in [3.8, 4) is 0 Å². The lowest BCUT2D eigenvalue weighted by Crippen LogP contribution is -2.41. The molecule has 0 aromatic rings. The fraction of sp³-hybridized carbons (Fsp3) is 1.00. The van der Waals surface area contributed by atoms with E-state index >= 15 is 0 Å². The Labute approximate surface area is 115 Å². The maximum atomic E-state index is 3.91. The van der Waals surface area contributed by atoms with Gasteiger partial charge in [0.2, 0.25) is 0 Å². The van der Waals surface area contributed by atoms with Crippen LogP contribution in [0.4, 0.5) is 0 Å². The van der Waals surface area contributed by atoms with Gasteiger partial charge in [0.05, 0.1) is 0 Å². The molecule has 1 nitrogen and oxygen atoms in total. The highest BCUT2D eigenvalue weighted by molar-refractivity contribution is 4.80. The zero-order chi connectivity index (χ0) is 13.2. The molecule has 1 N–H and O–H groups in total. The Kier molecular flexibility index (Phi) is 8.75. The Morgan fingerprint density at radius 1 is 1.00 bits per heavy atom. The molecule has 1 aliphatic rings. The number of nitrogens with one attached hydrogen (secondary N) is 1. The third-order valence-corrected chi connectivity index (χ3v) is 4.65. The van der Waals surface area contributed by atoms with Crippen LogP contribution in [-0.4, -0.2) is 12.1 Å². The summed E-state index contributed by atoms with van der Waals surface area (Å²) in [6, 6.07) is 1.50. The minimum atomic E-state index is 0.716. The van der Waals surface area contributed by atoms with Crippen molar-refractivity contribution in [2.45, 2.75) is 103 Å². The molecule has 1 fully saturated rings. The van der Waals surface area contributed by atoms with Gasteiger partial charge in [0, 0.05) is 12.1 Å². The molecule has 1 heteroatoms. The van der Waals surface area contributed by atoms with Gasteiger partial charge in [-0.05, 0) is 38.5 Å². The van der Waals surface area contributed by atoms with E-state index in [0.29, 0.717) is 6.04 Å². The first-order valence-electron chi connectivity index (χ1n) is 8.54. The van der Waals surface area contributed by atoms with Crippen molar-refractivity contribution in [2.75, 3.05) is 0 Å². The average Bonchev–Trinajstić information content (AvgIpc) is 2.42. The highest BCUT2D eigenvalue weighted by Crippen LogP contribution is 2.28. The zero-order valence-electron chi connectivity index (χ0n) is 13.0. The normalized spacial score (nSPS) is 20.8. The van der Waals surface area contributed by atoms with Crippen LogP contribution in [0, 0.1) is 5.92 Å². The smallest absolute Gasteiger partial charge is 0.00951 e. The molecule has 1 saturated carbocycles. The van der Waals surface area contributed by atoms with E-state index in [0.717, 1.165) is 12.0 Å². The molecule has 0 spiro atoms. The fourth-order valence-electron chi connectivity index (χ4n) is 3.45. The Hall–Kier alpha value is -0.0400. The van der Waals surface area contributed by atoms with Gasteiger partial charge < -0.3 is 5.32 Å². The lowest BCUT2D eigenvalue weighted by molar-refractivity contribution is 0.244. The predicted molar refractivity (Wildman–Crippen MR) is 82.0 cm³/mol. The number of hydrogen-bond acceptors (Lipinski definition) is 1. The first-order valence-corrected chi connectivity index (χ1v) is 8.54. The Bertz CT molecular complexity index is 184. The zero-order valence-corrected chi connectivity index (χ0v) is 13.0. The van der Waals surface area contributed by atoms with Crippen molar-refractivity contribution < 1.29 is 0 Å². The average molecular weight is 253 g/mol. The molecule has 0 radical (unpaired) electrons.